The van der Waals surface area contributed by atoms with Gasteiger partial charge in [0.1, 0.15) is 0 Å². The molecule has 1 N–H and O–H groups in total. The molecule has 4 heteroatoms. The number of benzene rings is 1. The van der Waals surface area contributed by atoms with E-state index in [9.17, 15) is 9.59 Å². The van der Waals surface area contributed by atoms with E-state index in [1.54, 1.807) is 0 Å². The van der Waals surface area contributed by atoms with Crippen LogP contribution in [-0.4, -0.2) is 29.8 Å². The summed E-state index contributed by atoms with van der Waals surface area (Å²) in [5.41, 5.74) is 2.65. The molecule has 2 heterocycles. The largest absolute Gasteiger partial charge is 0.338 e. The molecule has 1 aromatic rings. The van der Waals surface area contributed by atoms with Gasteiger partial charge in [-0.3, -0.25) is 9.59 Å². The molecule has 2 amide bonds. The van der Waals surface area contributed by atoms with Crippen molar-refractivity contribution in [3.63, 3.8) is 0 Å². The predicted molar refractivity (Wildman–Crippen MR) is 77.6 cm³/mol. The second kappa shape index (κ2) is 4.93. The van der Waals surface area contributed by atoms with Crippen LogP contribution in [0.3, 0.4) is 0 Å². The Morgan fingerprint density at radius 1 is 1.20 bits per heavy atom. The number of anilines is 1. The van der Waals surface area contributed by atoms with Gasteiger partial charge in [0.2, 0.25) is 5.91 Å². The predicted octanol–water partition coefficient (Wildman–Crippen LogP) is 2.30. The number of carbonyl (C=O) groups is 2. The molecule has 4 nitrogen and oxygen atoms in total. The second-order valence-corrected chi connectivity index (χ2v) is 6.08. The van der Waals surface area contributed by atoms with Crippen LogP contribution in [0, 0.1) is 11.8 Å². The van der Waals surface area contributed by atoms with E-state index in [0.29, 0.717) is 18.3 Å². The second-order valence-electron chi connectivity index (χ2n) is 6.08. The van der Waals surface area contributed by atoms with Gasteiger partial charge in [-0.25, -0.2) is 0 Å². The van der Waals surface area contributed by atoms with Gasteiger partial charge in [0.15, 0.2) is 0 Å². The zero-order valence-corrected chi connectivity index (χ0v) is 12.0. The molecular weight excluding hydrogens is 252 g/mol. The zero-order valence-electron chi connectivity index (χ0n) is 12.0. The van der Waals surface area contributed by atoms with Crippen molar-refractivity contribution < 1.29 is 9.59 Å². The number of hydrogen-bond donors (Lipinski definition) is 1. The number of aryl methyl sites for hydroxylation is 1. The first-order valence-corrected chi connectivity index (χ1v) is 7.26. The van der Waals surface area contributed by atoms with E-state index in [1.165, 1.54) is 0 Å². The number of hydrogen-bond acceptors (Lipinski definition) is 2. The highest BCUT2D eigenvalue weighted by Gasteiger charge is 2.30. The van der Waals surface area contributed by atoms with Gasteiger partial charge in [0, 0.05) is 30.8 Å². The fourth-order valence-electron chi connectivity index (χ4n) is 2.99. The van der Waals surface area contributed by atoms with Crippen molar-refractivity contribution in [3.05, 3.63) is 29.3 Å². The molecule has 1 fully saturated rings. The fraction of sp³-hybridized carbons (Fsp3) is 0.500. The Balaban J connectivity index is 1.81. The third-order valence-corrected chi connectivity index (χ3v) is 4.52. The first-order chi connectivity index (χ1) is 9.54. The van der Waals surface area contributed by atoms with Gasteiger partial charge >= 0.3 is 0 Å². The van der Waals surface area contributed by atoms with Crippen molar-refractivity contribution in [2.75, 3.05) is 18.4 Å². The molecule has 2 aliphatic heterocycles. The Bertz CT molecular complexity index is 558. The molecule has 0 aromatic heterocycles. The molecule has 1 saturated heterocycles. The lowest BCUT2D eigenvalue weighted by atomic mass is 10.00. The van der Waals surface area contributed by atoms with Crippen LogP contribution in [0.2, 0.25) is 0 Å². The number of rotatable bonds is 1. The number of likely N-dealkylation sites (tertiary alicyclic amines) is 1. The van der Waals surface area contributed by atoms with Gasteiger partial charge in [0.25, 0.3) is 5.91 Å². The van der Waals surface area contributed by atoms with Gasteiger partial charge in [0.05, 0.1) is 0 Å². The standard InChI is InChI=1S/C16H20N2O2/c1-10-8-18(9-11(10)2)16(20)13-3-5-14-12(7-13)4-6-15(19)17-14/h3,5,7,10-11H,4,6,8-9H2,1-2H3,(H,17,19). The van der Waals surface area contributed by atoms with E-state index in [4.69, 9.17) is 0 Å². The summed E-state index contributed by atoms with van der Waals surface area (Å²) in [5.74, 6) is 1.30. The average Bonchev–Trinajstić information content (AvgIpc) is 2.77. The molecule has 2 unspecified atom stereocenters. The van der Waals surface area contributed by atoms with Crippen LogP contribution < -0.4 is 5.32 Å². The van der Waals surface area contributed by atoms with Crippen molar-refractivity contribution >= 4 is 17.5 Å². The van der Waals surface area contributed by atoms with Crippen molar-refractivity contribution in [1.82, 2.24) is 4.90 Å². The van der Waals surface area contributed by atoms with Crippen molar-refractivity contribution in [2.24, 2.45) is 11.8 Å². The highest BCUT2D eigenvalue weighted by molar-refractivity contribution is 5.98. The average molecular weight is 272 g/mol. The molecule has 2 aliphatic rings. The van der Waals surface area contributed by atoms with Crippen LogP contribution in [0.1, 0.15) is 36.2 Å². The summed E-state index contributed by atoms with van der Waals surface area (Å²) in [6.45, 7) is 6.07. The molecule has 106 valence electrons. The van der Waals surface area contributed by atoms with E-state index in [2.05, 4.69) is 19.2 Å². The third kappa shape index (κ3) is 2.30. The first kappa shape index (κ1) is 13.2. The molecule has 0 saturated carbocycles. The zero-order chi connectivity index (χ0) is 14.3. The lowest BCUT2D eigenvalue weighted by molar-refractivity contribution is -0.116. The smallest absolute Gasteiger partial charge is 0.253 e. The first-order valence-electron chi connectivity index (χ1n) is 7.26. The summed E-state index contributed by atoms with van der Waals surface area (Å²) in [6.07, 6.45) is 1.22. The van der Waals surface area contributed by atoms with E-state index >= 15 is 0 Å². The quantitative estimate of drug-likeness (QED) is 0.852. The van der Waals surface area contributed by atoms with Crippen LogP contribution in [-0.2, 0) is 11.2 Å². The van der Waals surface area contributed by atoms with Gasteiger partial charge in [-0.15, -0.1) is 0 Å². The molecule has 1 aromatic carbocycles. The van der Waals surface area contributed by atoms with Crippen LogP contribution in [0.25, 0.3) is 0 Å². The maximum atomic E-state index is 12.5. The molecular formula is C16H20N2O2. The van der Waals surface area contributed by atoms with Gasteiger partial charge in [-0.05, 0) is 42.0 Å². The summed E-state index contributed by atoms with van der Waals surface area (Å²) in [6, 6.07) is 5.60. The number of nitrogens with zero attached hydrogens (tertiary/aromatic N) is 1. The van der Waals surface area contributed by atoms with E-state index < -0.39 is 0 Å². The fourth-order valence-corrected chi connectivity index (χ4v) is 2.99. The number of amides is 2. The Labute approximate surface area is 119 Å². The summed E-state index contributed by atoms with van der Waals surface area (Å²) >= 11 is 0. The minimum Gasteiger partial charge on any atom is -0.338 e. The van der Waals surface area contributed by atoms with Gasteiger partial charge in [-0.2, -0.15) is 0 Å². The monoisotopic (exact) mass is 272 g/mol. The summed E-state index contributed by atoms with van der Waals surface area (Å²) in [7, 11) is 0. The maximum Gasteiger partial charge on any atom is 0.253 e. The van der Waals surface area contributed by atoms with Gasteiger partial charge < -0.3 is 10.2 Å². The Hall–Kier alpha value is -1.84. The molecule has 3 rings (SSSR count). The Kier molecular flexibility index (Phi) is 3.24. The Morgan fingerprint density at radius 3 is 2.60 bits per heavy atom. The highest BCUT2D eigenvalue weighted by atomic mass is 16.2. The number of nitrogens with one attached hydrogen (secondary N) is 1. The molecule has 0 aliphatic carbocycles. The van der Waals surface area contributed by atoms with Crippen molar-refractivity contribution in [1.29, 1.82) is 0 Å². The molecule has 0 spiro atoms. The molecule has 0 bridgehead atoms. The van der Waals surface area contributed by atoms with Crippen molar-refractivity contribution in [2.45, 2.75) is 26.7 Å². The lowest BCUT2D eigenvalue weighted by Gasteiger charge is -2.20. The minimum absolute atomic E-state index is 0.0544. The molecule has 20 heavy (non-hydrogen) atoms. The molecule has 2 atom stereocenters. The Morgan fingerprint density at radius 2 is 1.90 bits per heavy atom. The van der Waals surface area contributed by atoms with Crippen LogP contribution in [0.4, 0.5) is 5.69 Å². The van der Waals surface area contributed by atoms with Crippen LogP contribution >= 0.6 is 0 Å². The summed E-state index contributed by atoms with van der Waals surface area (Å²) < 4.78 is 0. The third-order valence-electron chi connectivity index (χ3n) is 4.52. The summed E-state index contributed by atoms with van der Waals surface area (Å²) in [4.78, 5) is 25.8. The minimum atomic E-state index is 0.0544. The van der Waals surface area contributed by atoms with Crippen molar-refractivity contribution in [3.8, 4) is 0 Å². The number of fused-ring (bicyclic) bond motifs is 1. The SMILES string of the molecule is CC1CN(C(=O)c2ccc3c(c2)CCC(=O)N3)CC1C. The van der Waals surface area contributed by atoms with E-state index in [-0.39, 0.29) is 11.8 Å². The topological polar surface area (TPSA) is 49.4 Å². The summed E-state index contributed by atoms with van der Waals surface area (Å²) in [5, 5.41) is 2.85. The maximum absolute atomic E-state index is 12.5. The normalized spacial score (nSPS) is 25.3. The van der Waals surface area contributed by atoms with Crippen LogP contribution in [0.15, 0.2) is 18.2 Å². The lowest BCUT2D eigenvalue weighted by Crippen LogP contribution is -2.29. The number of carbonyl (C=O) groups excluding carboxylic acids is 2. The van der Waals surface area contributed by atoms with E-state index in [1.807, 2.05) is 23.1 Å². The van der Waals surface area contributed by atoms with Gasteiger partial charge in [-0.1, -0.05) is 13.8 Å². The molecule has 0 radical (unpaired) electrons. The van der Waals surface area contributed by atoms with Crippen LogP contribution in [0.5, 0.6) is 0 Å². The van der Waals surface area contributed by atoms with E-state index in [0.717, 1.165) is 36.3 Å². The highest BCUT2D eigenvalue weighted by Crippen LogP contribution is 2.27.